The van der Waals surface area contributed by atoms with E-state index < -0.39 is 97.5 Å². The average Bonchev–Trinajstić information content (AvgIpc) is 0.966. The Morgan fingerprint density at radius 2 is 0.551 bits per heavy atom. The lowest BCUT2D eigenvalue weighted by Crippen LogP contribution is -2.30. The Kier molecular flexibility index (Phi) is 68.0. The van der Waals surface area contributed by atoms with E-state index in [1.165, 1.54) is 51.4 Å². The number of hydrogen-bond acceptors (Lipinski definition) is 15. The summed E-state index contributed by atoms with van der Waals surface area (Å²) in [5, 5.41) is 10.6. The van der Waals surface area contributed by atoms with E-state index in [2.05, 4.69) is 137 Å². The minimum absolute atomic E-state index is 0.0747. The number of carbonyl (C=O) groups excluding carboxylic acids is 4. The van der Waals surface area contributed by atoms with Crippen LogP contribution in [0.2, 0.25) is 0 Å². The normalized spacial score (nSPS) is 14.6. The molecule has 0 heterocycles. The van der Waals surface area contributed by atoms with E-state index in [9.17, 15) is 43.2 Å². The highest BCUT2D eigenvalue weighted by atomic mass is 31.2. The predicted molar refractivity (Wildman–Crippen MR) is 399 cm³/mol. The van der Waals surface area contributed by atoms with Gasteiger partial charge in [0.05, 0.1) is 26.4 Å². The van der Waals surface area contributed by atoms with Crippen LogP contribution in [0.3, 0.4) is 0 Å². The number of aliphatic hydroxyl groups is 1. The summed E-state index contributed by atoms with van der Waals surface area (Å²) in [7, 11) is -9.96. The monoisotopic (exact) mass is 1420 g/mol. The molecule has 0 aliphatic carbocycles. The van der Waals surface area contributed by atoms with E-state index >= 15 is 0 Å². The van der Waals surface area contributed by atoms with Gasteiger partial charge < -0.3 is 33.8 Å². The van der Waals surface area contributed by atoms with Crippen LogP contribution in [0.1, 0.15) is 310 Å². The third-order valence-electron chi connectivity index (χ3n) is 15.7. The fourth-order valence-corrected chi connectivity index (χ4v) is 11.5. The van der Waals surface area contributed by atoms with E-state index in [1.54, 1.807) is 0 Å². The zero-order valence-electron chi connectivity index (χ0n) is 61.4. The van der Waals surface area contributed by atoms with E-state index in [0.29, 0.717) is 25.7 Å². The Labute approximate surface area is 594 Å². The molecule has 0 aliphatic rings. The van der Waals surface area contributed by atoms with E-state index in [-0.39, 0.29) is 25.7 Å². The van der Waals surface area contributed by atoms with Gasteiger partial charge in [0.15, 0.2) is 12.2 Å². The Balaban J connectivity index is 5.36. The van der Waals surface area contributed by atoms with Gasteiger partial charge in [-0.3, -0.25) is 37.3 Å². The molecule has 3 N–H and O–H groups in total. The second-order valence-corrected chi connectivity index (χ2v) is 28.1. The number of esters is 4. The third kappa shape index (κ3) is 70.2. The molecule has 564 valence electrons. The van der Waals surface area contributed by atoms with Crippen molar-refractivity contribution in [2.45, 2.75) is 329 Å². The highest BCUT2D eigenvalue weighted by Crippen LogP contribution is 2.45. The lowest BCUT2D eigenvalue weighted by Gasteiger charge is -2.21. The molecule has 98 heavy (non-hydrogen) atoms. The van der Waals surface area contributed by atoms with Crippen molar-refractivity contribution in [3.8, 4) is 0 Å². The molecule has 0 aliphatic heterocycles. The van der Waals surface area contributed by atoms with Gasteiger partial charge in [-0.2, -0.15) is 0 Å². The Hall–Kier alpha value is -4.28. The predicted octanol–water partition coefficient (Wildman–Crippen LogP) is 21.8. The van der Waals surface area contributed by atoms with E-state index in [1.807, 2.05) is 0 Å². The number of carbonyl (C=O) groups is 4. The number of phosphoric ester groups is 2. The molecular weight excluding hydrogens is 1280 g/mol. The fourth-order valence-electron chi connectivity index (χ4n) is 9.91. The van der Waals surface area contributed by atoms with Crippen molar-refractivity contribution in [3.05, 3.63) is 109 Å². The molecule has 0 fully saturated rings. The number of aliphatic hydroxyl groups excluding tert-OH is 1. The summed E-state index contributed by atoms with van der Waals surface area (Å²) in [4.78, 5) is 72.8. The molecular formula is C79H136O17P2. The van der Waals surface area contributed by atoms with Gasteiger partial charge in [-0.1, -0.05) is 272 Å². The van der Waals surface area contributed by atoms with Crippen LogP contribution in [0, 0.1) is 0 Å². The zero-order chi connectivity index (χ0) is 71.8. The van der Waals surface area contributed by atoms with Gasteiger partial charge in [0, 0.05) is 25.7 Å². The van der Waals surface area contributed by atoms with Gasteiger partial charge in [0.1, 0.15) is 19.3 Å². The highest BCUT2D eigenvalue weighted by Gasteiger charge is 2.30. The standard InChI is InChI=1S/C79H136O17P2/c1-5-9-13-17-21-25-29-33-34-35-36-37-38-42-44-48-52-56-60-64-77(82)90-70-75(96-79(84)66-62-58-54-50-46-41-32-28-24-20-16-12-8-4)72-94-98(87,88)92-68-73(80)67-91-97(85,86)93-71-74(95-78(83)65-61-57-53-49-45-40-31-27-23-19-15-11-7-3)69-89-76(81)63-59-55-51-47-43-39-30-26-22-18-14-10-6-2/h9,13-15,18-19,21,25-27,30-31,33-34,36-37,42,44,73-75,80H,5-8,10-12,16-17,20,22-24,28-29,32,35,38-41,43,45-72H2,1-4H3,(H,85,86)(H,87,88)/b13-9-,18-14-,19-15-,25-21-,30-26-,31-27-,34-33-,37-36-,44-42-. The van der Waals surface area contributed by atoms with Gasteiger partial charge in [0.2, 0.25) is 0 Å². The van der Waals surface area contributed by atoms with Crippen LogP contribution in [-0.2, 0) is 65.4 Å². The number of phosphoric acid groups is 2. The van der Waals surface area contributed by atoms with Crippen molar-refractivity contribution in [2.75, 3.05) is 39.6 Å². The quantitative estimate of drug-likeness (QED) is 0.0169. The number of allylic oxidation sites excluding steroid dienone is 18. The molecule has 19 heteroatoms. The van der Waals surface area contributed by atoms with Crippen LogP contribution < -0.4 is 0 Å². The van der Waals surface area contributed by atoms with Gasteiger partial charge in [-0.05, 0) is 122 Å². The molecule has 0 aromatic carbocycles. The summed E-state index contributed by atoms with van der Waals surface area (Å²) in [6.45, 7) is 4.57. The first-order valence-electron chi connectivity index (χ1n) is 38.1. The summed E-state index contributed by atoms with van der Waals surface area (Å²) in [5.74, 6) is -2.23. The SMILES string of the molecule is CC/C=C\C/C=C\C/C=C\C/C=C\C/C=C\CCCCCC(=O)OCC(COP(=O)(O)OCC(O)COP(=O)(O)OCC(COC(=O)CCCCCCC/C=C\C/C=C\CCC)OC(=O)CCCCCCC/C=C\C/C=C\CCC)OC(=O)CCCCCCCCCCCCCCC. The lowest BCUT2D eigenvalue weighted by molar-refractivity contribution is -0.161. The molecule has 5 atom stereocenters. The third-order valence-corrected chi connectivity index (χ3v) is 17.6. The summed E-state index contributed by atoms with van der Waals surface area (Å²) in [6, 6.07) is 0. The maximum atomic E-state index is 13.1. The summed E-state index contributed by atoms with van der Waals surface area (Å²) in [6.07, 6.45) is 75.1. The van der Waals surface area contributed by atoms with Crippen molar-refractivity contribution >= 4 is 39.5 Å². The molecule has 0 rings (SSSR count). The van der Waals surface area contributed by atoms with Crippen LogP contribution in [0.4, 0.5) is 0 Å². The van der Waals surface area contributed by atoms with Crippen LogP contribution >= 0.6 is 15.6 Å². The van der Waals surface area contributed by atoms with Gasteiger partial charge >= 0.3 is 39.5 Å². The maximum Gasteiger partial charge on any atom is 0.472 e. The smallest absolute Gasteiger partial charge is 0.462 e. The summed E-state index contributed by atoms with van der Waals surface area (Å²) < 4.78 is 68.4. The molecule has 0 aromatic heterocycles. The Morgan fingerprint density at radius 3 is 0.867 bits per heavy atom. The molecule has 0 saturated carbocycles. The summed E-state index contributed by atoms with van der Waals surface area (Å²) >= 11 is 0. The second kappa shape index (κ2) is 71.1. The fraction of sp³-hybridized carbons (Fsp3) is 0.722. The maximum absolute atomic E-state index is 13.1. The highest BCUT2D eigenvalue weighted by molar-refractivity contribution is 7.47. The minimum Gasteiger partial charge on any atom is -0.462 e. The van der Waals surface area contributed by atoms with Crippen molar-refractivity contribution in [3.63, 3.8) is 0 Å². The van der Waals surface area contributed by atoms with E-state index in [0.717, 1.165) is 180 Å². The van der Waals surface area contributed by atoms with Crippen LogP contribution in [0.25, 0.3) is 0 Å². The minimum atomic E-state index is -4.98. The van der Waals surface area contributed by atoms with Crippen LogP contribution in [0.15, 0.2) is 109 Å². The molecule has 0 spiro atoms. The first-order chi connectivity index (χ1) is 47.7. The molecule has 0 bridgehead atoms. The average molecular weight is 1420 g/mol. The molecule has 0 radical (unpaired) electrons. The molecule has 5 unspecified atom stereocenters. The number of unbranched alkanes of at least 4 members (excludes halogenated alkanes) is 27. The van der Waals surface area contributed by atoms with Crippen molar-refractivity contribution in [1.82, 2.24) is 0 Å². The van der Waals surface area contributed by atoms with Crippen molar-refractivity contribution < 1.29 is 80.2 Å². The van der Waals surface area contributed by atoms with Crippen LogP contribution in [-0.4, -0.2) is 96.7 Å². The topological polar surface area (TPSA) is 237 Å². The van der Waals surface area contributed by atoms with Crippen molar-refractivity contribution in [1.29, 1.82) is 0 Å². The molecule has 0 aromatic rings. The number of hydrogen-bond donors (Lipinski definition) is 3. The molecule has 17 nitrogen and oxygen atoms in total. The second-order valence-electron chi connectivity index (χ2n) is 25.2. The lowest BCUT2D eigenvalue weighted by atomic mass is 10.0. The van der Waals surface area contributed by atoms with Gasteiger partial charge in [-0.25, -0.2) is 9.13 Å². The number of ether oxygens (including phenoxy) is 4. The molecule has 0 saturated heterocycles. The first-order valence-corrected chi connectivity index (χ1v) is 41.1. The van der Waals surface area contributed by atoms with Crippen LogP contribution in [0.5, 0.6) is 0 Å². The number of rotatable bonds is 71. The zero-order valence-corrected chi connectivity index (χ0v) is 63.2. The van der Waals surface area contributed by atoms with Gasteiger partial charge in [-0.15, -0.1) is 0 Å². The summed E-state index contributed by atoms with van der Waals surface area (Å²) in [5.41, 5.74) is 0. The Bertz CT molecular complexity index is 2290. The largest absolute Gasteiger partial charge is 0.472 e. The van der Waals surface area contributed by atoms with Gasteiger partial charge in [0.25, 0.3) is 0 Å². The molecule has 0 amide bonds. The van der Waals surface area contributed by atoms with E-state index in [4.69, 9.17) is 37.0 Å². The van der Waals surface area contributed by atoms with Crippen molar-refractivity contribution in [2.24, 2.45) is 0 Å². The first kappa shape index (κ1) is 93.7. The Morgan fingerprint density at radius 1 is 0.296 bits per heavy atom.